The molecule has 0 N–H and O–H groups in total. The quantitative estimate of drug-likeness (QED) is 0.747. The zero-order valence-corrected chi connectivity index (χ0v) is 16.3. The second kappa shape index (κ2) is 6.27. The van der Waals surface area contributed by atoms with E-state index < -0.39 is 10.0 Å². The van der Waals surface area contributed by atoms with Gasteiger partial charge in [-0.1, -0.05) is 57.4 Å². The van der Waals surface area contributed by atoms with Crippen molar-refractivity contribution in [2.45, 2.75) is 64.3 Å². The topological polar surface area (TPSA) is 54.5 Å². The van der Waals surface area contributed by atoms with Crippen molar-refractivity contribution in [1.82, 2.24) is 4.31 Å². The van der Waals surface area contributed by atoms with Crippen LogP contribution in [0.3, 0.4) is 0 Å². The molecule has 1 heterocycles. The Balaban J connectivity index is 2.07. The lowest BCUT2D eigenvalue weighted by Crippen LogP contribution is -2.41. The molecule has 1 saturated heterocycles. The highest BCUT2D eigenvalue weighted by atomic mass is 32.2. The van der Waals surface area contributed by atoms with Crippen molar-refractivity contribution in [2.75, 3.05) is 0 Å². The number of nitrogens with zero attached hydrogens (tertiary/aromatic N) is 1. The lowest BCUT2D eigenvalue weighted by atomic mass is 9.80. The summed E-state index contributed by atoms with van der Waals surface area (Å²) in [5.41, 5.74) is 1.53. The van der Waals surface area contributed by atoms with Gasteiger partial charge in [0.15, 0.2) is 0 Å². The molecule has 1 aliphatic carbocycles. The second-order valence-electron chi connectivity index (χ2n) is 8.34. The highest BCUT2D eigenvalue weighted by molar-refractivity contribution is 7.89. The highest BCUT2D eigenvalue weighted by Gasteiger charge is 2.50. The average molecular weight is 362 g/mol. The molecule has 0 unspecified atom stereocenters. The molecule has 1 aromatic carbocycles. The first-order valence-electron chi connectivity index (χ1n) is 8.99. The Morgan fingerprint density at radius 3 is 2.28 bits per heavy atom. The Hall–Kier alpha value is -1.62. The maximum atomic E-state index is 13.2. The van der Waals surface area contributed by atoms with Crippen molar-refractivity contribution in [3.8, 4) is 0 Å². The molecule has 0 aromatic heterocycles. The number of fused-ring (bicyclic) bond motifs is 1. The molecule has 1 saturated carbocycles. The zero-order valence-electron chi connectivity index (χ0n) is 15.5. The molecule has 1 amide bonds. The van der Waals surface area contributed by atoms with Crippen LogP contribution in [-0.2, 0) is 14.8 Å². The van der Waals surface area contributed by atoms with Crippen LogP contribution in [0.5, 0.6) is 0 Å². The van der Waals surface area contributed by atoms with E-state index in [-0.39, 0.29) is 28.2 Å². The maximum absolute atomic E-state index is 13.2. The van der Waals surface area contributed by atoms with Gasteiger partial charge in [-0.05, 0) is 37.3 Å². The van der Waals surface area contributed by atoms with E-state index in [0.717, 1.165) is 31.2 Å². The number of amides is 1. The van der Waals surface area contributed by atoms with E-state index in [4.69, 9.17) is 0 Å². The van der Waals surface area contributed by atoms with Gasteiger partial charge in [0.25, 0.3) is 15.9 Å². The van der Waals surface area contributed by atoms with E-state index in [2.05, 4.69) is 0 Å². The predicted molar refractivity (Wildman–Crippen MR) is 98.5 cm³/mol. The Morgan fingerprint density at radius 1 is 1.08 bits per heavy atom. The average Bonchev–Trinajstić information content (AvgIpc) is 2.79. The third-order valence-electron chi connectivity index (χ3n) is 5.04. The first kappa shape index (κ1) is 18.2. The van der Waals surface area contributed by atoms with E-state index in [9.17, 15) is 13.2 Å². The molecule has 0 spiro atoms. The number of allylic oxidation sites excluding steroid dienone is 1. The molecule has 1 aromatic rings. The number of carbonyl (C=O) groups is 1. The van der Waals surface area contributed by atoms with Crippen LogP contribution < -0.4 is 0 Å². The summed E-state index contributed by atoms with van der Waals surface area (Å²) in [7, 11) is -3.82. The van der Waals surface area contributed by atoms with E-state index in [1.54, 1.807) is 24.3 Å². The maximum Gasteiger partial charge on any atom is 0.267 e. The SMILES string of the molecule is Cc1ccc(S(=O)(=O)N2C(=O)/C(=C/C(C)(C)C)[C@@H]3CCCC[C@H]32)cc1. The Morgan fingerprint density at radius 2 is 1.68 bits per heavy atom. The fourth-order valence-corrected chi connectivity index (χ4v) is 5.58. The summed E-state index contributed by atoms with van der Waals surface area (Å²) in [4.78, 5) is 13.3. The molecular formula is C20H27NO3S. The minimum atomic E-state index is -3.82. The van der Waals surface area contributed by atoms with Crippen LogP contribution >= 0.6 is 0 Å². The smallest absolute Gasteiger partial charge is 0.267 e. The summed E-state index contributed by atoms with van der Waals surface area (Å²) in [6.45, 7) is 8.05. The summed E-state index contributed by atoms with van der Waals surface area (Å²) in [5, 5.41) is 0. The van der Waals surface area contributed by atoms with Crippen LogP contribution in [0.4, 0.5) is 0 Å². The van der Waals surface area contributed by atoms with Crippen molar-refractivity contribution in [1.29, 1.82) is 0 Å². The molecule has 2 atom stereocenters. The van der Waals surface area contributed by atoms with Gasteiger partial charge in [0, 0.05) is 11.5 Å². The molecule has 3 rings (SSSR count). The summed E-state index contributed by atoms with van der Waals surface area (Å²) in [6.07, 6.45) is 5.63. The van der Waals surface area contributed by atoms with Crippen LogP contribution in [0.1, 0.15) is 52.0 Å². The van der Waals surface area contributed by atoms with E-state index >= 15 is 0 Å². The van der Waals surface area contributed by atoms with Crippen molar-refractivity contribution in [3.05, 3.63) is 41.5 Å². The van der Waals surface area contributed by atoms with Gasteiger partial charge in [0.2, 0.25) is 0 Å². The standard InChI is InChI=1S/C20H27NO3S/c1-14-9-11-15(12-10-14)25(23,24)21-18-8-6-5-7-16(18)17(19(21)22)13-20(2,3)4/h9-13,16,18H,5-8H2,1-4H3/b17-13+/t16-,18+/m0/s1. The first-order valence-corrected chi connectivity index (χ1v) is 10.4. The lowest BCUT2D eigenvalue weighted by Gasteiger charge is -2.30. The number of rotatable bonds is 2. The van der Waals surface area contributed by atoms with Gasteiger partial charge >= 0.3 is 0 Å². The van der Waals surface area contributed by atoms with Crippen molar-refractivity contribution < 1.29 is 13.2 Å². The Labute approximate surface area is 151 Å². The lowest BCUT2D eigenvalue weighted by molar-refractivity contribution is -0.121. The van der Waals surface area contributed by atoms with Crippen LogP contribution in [-0.4, -0.2) is 24.7 Å². The largest absolute Gasteiger partial charge is 0.268 e. The van der Waals surface area contributed by atoms with Crippen LogP contribution in [0.25, 0.3) is 0 Å². The summed E-state index contributed by atoms with van der Waals surface area (Å²) in [5.74, 6) is -0.298. The first-order chi connectivity index (χ1) is 11.6. The normalized spacial score (nSPS) is 26.2. The molecular weight excluding hydrogens is 334 g/mol. The third-order valence-corrected chi connectivity index (χ3v) is 6.87. The van der Waals surface area contributed by atoms with Gasteiger partial charge in [0.05, 0.1) is 10.9 Å². The fourth-order valence-electron chi connectivity index (χ4n) is 3.94. The third kappa shape index (κ3) is 3.39. The Kier molecular flexibility index (Phi) is 4.56. The summed E-state index contributed by atoms with van der Waals surface area (Å²) in [6, 6.07) is 6.51. The number of aryl methyl sites for hydroxylation is 1. The van der Waals surface area contributed by atoms with Crippen molar-refractivity contribution >= 4 is 15.9 Å². The molecule has 136 valence electrons. The molecule has 0 radical (unpaired) electrons. The van der Waals surface area contributed by atoms with Gasteiger partial charge in [-0.3, -0.25) is 4.79 Å². The zero-order chi connectivity index (χ0) is 18.4. The van der Waals surface area contributed by atoms with E-state index in [1.807, 2.05) is 33.8 Å². The highest BCUT2D eigenvalue weighted by Crippen LogP contribution is 2.44. The van der Waals surface area contributed by atoms with E-state index in [1.165, 1.54) is 4.31 Å². The van der Waals surface area contributed by atoms with Gasteiger partial charge in [-0.2, -0.15) is 0 Å². The molecule has 2 fully saturated rings. The minimum Gasteiger partial charge on any atom is -0.268 e. The number of benzene rings is 1. The fraction of sp³-hybridized carbons (Fsp3) is 0.550. The van der Waals surface area contributed by atoms with Gasteiger partial charge in [-0.15, -0.1) is 0 Å². The van der Waals surface area contributed by atoms with Crippen LogP contribution in [0, 0.1) is 18.3 Å². The molecule has 2 aliphatic rings. The van der Waals surface area contributed by atoms with Gasteiger partial charge in [-0.25, -0.2) is 12.7 Å². The molecule has 1 aliphatic heterocycles. The summed E-state index contributed by atoms with van der Waals surface area (Å²) < 4.78 is 27.6. The number of sulfonamides is 1. The number of carbonyl (C=O) groups excluding carboxylic acids is 1. The van der Waals surface area contributed by atoms with Gasteiger partial charge in [0.1, 0.15) is 0 Å². The second-order valence-corrected chi connectivity index (χ2v) is 10.2. The molecule has 0 bridgehead atoms. The molecule has 25 heavy (non-hydrogen) atoms. The van der Waals surface area contributed by atoms with Gasteiger partial charge < -0.3 is 0 Å². The molecule has 4 nitrogen and oxygen atoms in total. The number of hydrogen-bond acceptors (Lipinski definition) is 3. The monoisotopic (exact) mass is 361 g/mol. The predicted octanol–water partition coefficient (Wildman–Crippen LogP) is 4.06. The Bertz CT molecular complexity index is 800. The van der Waals surface area contributed by atoms with Crippen LogP contribution in [0.2, 0.25) is 0 Å². The minimum absolute atomic E-state index is 0.0284. The summed E-state index contributed by atoms with van der Waals surface area (Å²) >= 11 is 0. The number of hydrogen-bond donors (Lipinski definition) is 0. The van der Waals surface area contributed by atoms with Crippen molar-refractivity contribution in [3.63, 3.8) is 0 Å². The van der Waals surface area contributed by atoms with Crippen molar-refractivity contribution in [2.24, 2.45) is 11.3 Å². The van der Waals surface area contributed by atoms with Crippen LogP contribution in [0.15, 0.2) is 40.8 Å². The van der Waals surface area contributed by atoms with E-state index in [0.29, 0.717) is 5.57 Å². The molecule has 5 heteroatoms.